The lowest BCUT2D eigenvalue weighted by atomic mass is 9.94. The summed E-state index contributed by atoms with van der Waals surface area (Å²) in [5.74, 6) is 0.280. The molecule has 1 rings (SSSR count). The van der Waals surface area contributed by atoms with E-state index in [1.807, 2.05) is 37.3 Å². The largest absolute Gasteiger partial charge is 0.393 e. The summed E-state index contributed by atoms with van der Waals surface area (Å²) in [5, 5.41) is 10.0. The molecule has 0 radical (unpaired) electrons. The van der Waals surface area contributed by atoms with Crippen LogP contribution in [0.4, 0.5) is 0 Å². The van der Waals surface area contributed by atoms with Crippen molar-refractivity contribution >= 4 is 0 Å². The molecule has 0 heterocycles. The maximum absolute atomic E-state index is 10.0. The van der Waals surface area contributed by atoms with Crippen molar-refractivity contribution in [1.82, 2.24) is 5.48 Å². The van der Waals surface area contributed by atoms with Crippen molar-refractivity contribution in [3.63, 3.8) is 0 Å². The number of benzene rings is 1. The predicted octanol–water partition coefficient (Wildman–Crippen LogP) is 3.68. The lowest BCUT2D eigenvalue weighted by Crippen LogP contribution is -2.31. The van der Waals surface area contributed by atoms with Crippen LogP contribution in [0.1, 0.15) is 51.5 Å². The Kier molecular flexibility index (Phi) is 9.29. The van der Waals surface area contributed by atoms with E-state index in [0.29, 0.717) is 13.2 Å². The molecule has 0 aliphatic carbocycles. The number of nitrogens with one attached hydrogen (secondary N) is 1. The first-order valence-electron chi connectivity index (χ1n) is 7.84. The molecule has 0 saturated heterocycles. The minimum absolute atomic E-state index is 0.236. The Hall–Kier alpha value is -0.900. The van der Waals surface area contributed by atoms with Gasteiger partial charge in [0.25, 0.3) is 0 Å². The molecule has 0 spiro atoms. The molecule has 0 unspecified atom stereocenters. The Balaban J connectivity index is 2.23. The third-order valence-corrected chi connectivity index (χ3v) is 3.67. The fraction of sp³-hybridized carbons (Fsp3) is 0.647. The third-order valence-electron chi connectivity index (χ3n) is 3.67. The highest BCUT2D eigenvalue weighted by Gasteiger charge is 2.16. The number of hydrogen-bond donors (Lipinski definition) is 2. The molecule has 114 valence electrons. The molecule has 1 aromatic rings. The van der Waals surface area contributed by atoms with Crippen molar-refractivity contribution in [1.29, 1.82) is 0 Å². The number of aliphatic hydroxyl groups is 1. The second-order valence-corrected chi connectivity index (χ2v) is 5.35. The molecule has 0 aliphatic heterocycles. The van der Waals surface area contributed by atoms with Crippen LogP contribution in [0.15, 0.2) is 30.3 Å². The molecule has 0 aromatic heterocycles. The predicted molar refractivity (Wildman–Crippen MR) is 83.2 cm³/mol. The summed E-state index contributed by atoms with van der Waals surface area (Å²) in [4.78, 5) is 5.49. The van der Waals surface area contributed by atoms with Crippen LogP contribution in [0.5, 0.6) is 0 Å². The first kappa shape index (κ1) is 17.2. The van der Waals surface area contributed by atoms with Crippen LogP contribution < -0.4 is 5.48 Å². The highest BCUT2D eigenvalue weighted by atomic mass is 16.6. The molecule has 0 amide bonds. The summed E-state index contributed by atoms with van der Waals surface area (Å²) in [6, 6.07) is 10.1. The minimum atomic E-state index is -0.236. The van der Waals surface area contributed by atoms with Crippen molar-refractivity contribution in [2.45, 2.75) is 58.7 Å². The Morgan fingerprint density at radius 3 is 2.55 bits per heavy atom. The molecule has 0 saturated carbocycles. The van der Waals surface area contributed by atoms with E-state index in [1.54, 1.807) is 0 Å². The van der Waals surface area contributed by atoms with Gasteiger partial charge in [-0.1, -0.05) is 63.4 Å². The van der Waals surface area contributed by atoms with Crippen LogP contribution in [0.25, 0.3) is 0 Å². The lowest BCUT2D eigenvalue weighted by molar-refractivity contribution is -0.00129. The Morgan fingerprint density at radius 1 is 1.15 bits per heavy atom. The van der Waals surface area contributed by atoms with E-state index in [4.69, 9.17) is 4.84 Å². The standard InChI is InChI=1S/C17H29NO2/c1-3-5-7-12-16(17(19)4-2)13-18-20-14-15-10-8-6-9-11-15/h6,8-11,16-19H,3-5,7,12-14H2,1-2H3/t16-,17+/m1/s1. The summed E-state index contributed by atoms with van der Waals surface area (Å²) in [5.41, 5.74) is 4.17. The van der Waals surface area contributed by atoms with Gasteiger partial charge in [0, 0.05) is 6.54 Å². The van der Waals surface area contributed by atoms with Gasteiger partial charge in [-0.25, -0.2) is 5.48 Å². The Morgan fingerprint density at radius 2 is 1.90 bits per heavy atom. The molecule has 3 nitrogen and oxygen atoms in total. The second-order valence-electron chi connectivity index (χ2n) is 5.35. The topological polar surface area (TPSA) is 41.5 Å². The Bertz CT molecular complexity index is 329. The maximum Gasteiger partial charge on any atom is 0.0933 e. The maximum atomic E-state index is 10.0. The van der Waals surface area contributed by atoms with Crippen molar-refractivity contribution in [2.75, 3.05) is 6.54 Å². The van der Waals surface area contributed by atoms with Gasteiger partial charge in [0.15, 0.2) is 0 Å². The molecular formula is C17H29NO2. The molecule has 0 aliphatic rings. The van der Waals surface area contributed by atoms with Gasteiger partial charge in [0.05, 0.1) is 12.7 Å². The highest BCUT2D eigenvalue weighted by molar-refractivity contribution is 5.13. The second kappa shape index (κ2) is 10.8. The van der Waals surface area contributed by atoms with Gasteiger partial charge in [0.2, 0.25) is 0 Å². The van der Waals surface area contributed by atoms with Crippen LogP contribution in [0.2, 0.25) is 0 Å². The lowest BCUT2D eigenvalue weighted by Gasteiger charge is -2.22. The van der Waals surface area contributed by atoms with Gasteiger partial charge in [0.1, 0.15) is 0 Å². The van der Waals surface area contributed by atoms with E-state index in [1.165, 1.54) is 19.3 Å². The number of hydrogen-bond acceptors (Lipinski definition) is 3. The van der Waals surface area contributed by atoms with E-state index >= 15 is 0 Å². The van der Waals surface area contributed by atoms with Gasteiger partial charge in [-0.2, -0.15) is 0 Å². The van der Waals surface area contributed by atoms with E-state index in [2.05, 4.69) is 12.4 Å². The minimum Gasteiger partial charge on any atom is -0.393 e. The van der Waals surface area contributed by atoms with Crippen LogP contribution >= 0.6 is 0 Å². The fourth-order valence-corrected chi connectivity index (χ4v) is 2.29. The van der Waals surface area contributed by atoms with Gasteiger partial charge >= 0.3 is 0 Å². The molecule has 0 bridgehead atoms. The van der Waals surface area contributed by atoms with Gasteiger partial charge in [-0.3, -0.25) is 4.84 Å². The number of rotatable bonds is 11. The van der Waals surface area contributed by atoms with Gasteiger partial charge in [-0.15, -0.1) is 0 Å². The SMILES string of the molecule is CCCCC[C@H](CNOCc1ccccc1)[C@@H](O)CC. The molecular weight excluding hydrogens is 250 g/mol. The molecule has 1 aromatic carbocycles. The smallest absolute Gasteiger partial charge is 0.0933 e. The Labute approximate surface area is 123 Å². The van der Waals surface area contributed by atoms with Crippen molar-refractivity contribution < 1.29 is 9.94 Å². The zero-order valence-electron chi connectivity index (χ0n) is 12.8. The van der Waals surface area contributed by atoms with Crippen LogP contribution in [0.3, 0.4) is 0 Å². The van der Waals surface area contributed by atoms with E-state index in [9.17, 15) is 5.11 Å². The number of aliphatic hydroxyl groups excluding tert-OH is 1. The zero-order chi connectivity index (χ0) is 14.6. The quantitative estimate of drug-likeness (QED) is 0.479. The average Bonchev–Trinajstić information content (AvgIpc) is 2.50. The molecule has 20 heavy (non-hydrogen) atoms. The molecule has 3 heteroatoms. The summed E-state index contributed by atoms with van der Waals surface area (Å²) in [6.07, 6.45) is 5.25. The third kappa shape index (κ3) is 7.04. The number of hydroxylamine groups is 1. The van der Waals surface area contributed by atoms with Gasteiger partial charge in [-0.05, 0) is 24.3 Å². The van der Waals surface area contributed by atoms with Crippen molar-refractivity contribution in [3.8, 4) is 0 Å². The van der Waals surface area contributed by atoms with Crippen molar-refractivity contribution in [3.05, 3.63) is 35.9 Å². The van der Waals surface area contributed by atoms with E-state index < -0.39 is 0 Å². The fourth-order valence-electron chi connectivity index (χ4n) is 2.29. The van der Waals surface area contributed by atoms with Crippen molar-refractivity contribution in [2.24, 2.45) is 5.92 Å². The van der Waals surface area contributed by atoms with Crippen LogP contribution in [-0.2, 0) is 11.4 Å². The molecule has 0 fully saturated rings. The average molecular weight is 279 g/mol. The molecule has 2 N–H and O–H groups in total. The normalized spacial score (nSPS) is 14.2. The first-order valence-corrected chi connectivity index (χ1v) is 7.84. The zero-order valence-corrected chi connectivity index (χ0v) is 12.8. The summed E-state index contributed by atoms with van der Waals surface area (Å²) in [7, 11) is 0. The first-order chi connectivity index (χ1) is 9.77. The highest BCUT2D eigenvalue weighted by Crippen LogP contribution is 2.15. The van der Waals surface area contributed by atoms with E-state index in [0.717, 1.165) is 18.4 Å². The number of unbranched alkanes of at least 4 members (excludes halogenated alkanes) is 2. The van der Waals surface area contributed by atoms with Gasteiger partial charge < -0.3 is 5.11 Å². The molecule has 2 atom stereocenters. The van der Waals surface area contributed by atoms with E-state index in [-0.39, 0.29) is 12.0 Å². The summed E-state index contributed by atoms with van der Waals surface area (Å²) >= 11 is 0. The summed E-state index contributed by atoms with van der Waals surface area (Å²) in [6.45, 7) is 5.51. The summed E-state index contributed by atoms with van der Waals surface area (Å²) < 4.78 is 0. The monoisotopic (exact) mass is 279 g/mol. The van der Waals surface area contributed by atoms with Crippen LogP contribution in [0, 0.1) is 5.92 Å². The van der Waals surface area contributed by atoms with Crippen LogP contribution in [-0.4, -0.2) is 17.8 Å².